The third-order valence-electron chi connectivity index (χ3n) is 5.95. The van der Waals surface area contributed by atoms with Gasteiger partial charge in [-0.1, -0.05) is 44.4 Å². The van der Waals surface area contributed by atoms with E-state index in [2.05, 4.69) is 20.4 Å². The standard InChI is InChI=1S/C23H33ClN8O5S/c1-14(2)13-37-22(34)32(10-9-25)30-20(33)23(7-3-4-8-23)31-38(35,36)15-5-6-16-17(11-15)19(29-21(26)27)28-12-18(16)24/h5-6,11-12,14,31H,3-4,7-10,13,25H2,1-2H3,(H,30,33)(H4,26,27,28,29). The van der Waals surface area contributed by atoms with Crippen LogP contribution in [-0.2, 0) is 19.6 Å². The normalized spacial score (nSPS) is 14.9. The summed E-state index contributed by atoms with van der Waals surface area (Å²) in [4.78, 5) is 29.9. The molecule has 1 aromatic carbocycles. The first-order chi connectivity index (χ1) is 17.9. The number of carbonyl (C=O) groups is 2. The van der Waals surface area contributed by atoms with Crippen molar-refractivity contribution in [2.75, 3.05) is 25.0 Å². The summed E-state index contributed by atoms with van der Waals surface area (Å²) in [7, 11) is -4.24. The fourth-order valence-electron chi connectivity index (χ4n) is 4.12. The van der Waals surface area contributed by atoms with Crippen molar-refractivity contribution in [1.82, 2.24) is 20.1 Å². The van der Waals surface area contributed by atoms with Crippen molar-refractivity contribution in [2.45, 2.75) is 50.0 Å². The first-order valence-electron chi connectivity index (χ1n) is 12.1. The molecule has 0 bridgehead atoms. The van der Waals surface area contributed by atoms with E-state index in [9.17, 15) is 18.0 Å². The molecule has 208 valence electrons. The Kier molecular flexibility index (Phi) is 9.35. The van der Waals surface area contributed by atoms with Crippen molar-refractivity contribution in [3.63, 3.8) is 0 Å². The van der Waals surface area contributed by atoms with Gasteiger partial charge < -0.3 is 21.5 Å². The highest BCUT2D eigenvalue weighted by molar-refractivity contribution is 7.89. The van der Waals surface area contributed by atoms with Crippen LogP contribution in [-0.4, -0.2) is 61.6 Å². The third-order valence-corrected chi connectivity index (χ3v) is 7.78. The summed E-state index contributed by atoms with van der Waals surface area (Å²) in [5.41, 5.74) is 12.1. The van der Waals surface area contributed by atoms with Crippen molar-refractivity contribution in [3.05, 3.63) is 29.4 Å². The lowest BCUT2D eigenvalue weighted by Crippen LogP contribution is -2.61. The van der Waals surface area contributed by atoms with E-state index in [1.165, 1.54) is 24.4 Å². The Labute approximate surface area is 226 Å². The molecule has 0 aliphatic heterocycles. The minimum Gasteiger partial charge on any atom is -0.448 e. The number of hydrogen-bond donors (Lipinski definition) is 6. The molecule has 1 aliphatic rings. The largest absolute Gasteiger partial charge is 0.448 e. The minimum atomic E-state index is -4.24. The number of fused-ring (bicyclic) bond motifs is 1. The van der Waals surface area contributed by atoms with Crippen LogP contribution in [0.5, 0.6) is 0 Å². The van der Waals surface area contributed by atoms with Crippen LogP contribution in [0.1, 0.15) is 39.5 Å². The van der Waals surface area contributed by atoms with Gasteiger partial charge in [0.25, 0.3) is 5.91 Å². The summed E-state index contributed by atoms with van der Waals surface area (Å²) in [6.07, 6.45) is 2.25. The zero-order valence-electron chi connectivity index (χ0n) is 21.2. The number of carbonyl (C=O) groups excluding carboxylic acids is 2. The summed E-state index contributed by atoms with van der Waals surface area (Å²) in [5, 5.41) is 12.1. The molecule has 0 radical (unpaired) electrons. The molecule has 1 aliphatic carbocycles. The van der Waals surface area contributed by atoms with E-state index in [4.69, 9.17) is 33.2 Å². The van der Waals surface area contributed by atoms with E-state index in [1.807, 2.05) is 13.8 Å². The Balaban J connectivity index is 1.91. The topological polar surface area (TPSA) is 206 Å². The van der Waals surface area contributed by atoms with Crippen LogP contribution in [0.3, 0.4) is 0 Å². The van der Waals surface area contributed by atoms with Crippen LogP contribution in [0.4, 0.5) is 10.6 Å². The van der Waals surface area contributed by atoms with Gasteiger partial charge in [0.1, 0.15) is 11.4 Å². The molecular weight excluding hydrogens is 536 g/mol. The number of benzene rings is 1. The maximum Gasteiger partial charge on any atom is 0.428 e. The number of hydrogen-bond acceptors (Lipinski definition) is 8. The van der Waals surface area contributed by atoms with E-state index in [0.29, 0.717) is 23.6 Å². The average Bonchev–Trinajstić information content (AvgIpc) is 3.32. The highest BCUT2D eigenvalue weighted by Crippen LogP contribution is 2.34. The number of sulfonamides is 1. The van der Waals surface area contributed by atoms with E-state index in [1.54, 1.807) is 0 Å². The van der Waals surface area contributed by atoms with E-state index < -0.39 is 27.6 Å². The molecule has 8 N–H and O–H groups in total. The number of halogens is 1. The quantitative estimate of drug-likeness (QED) is 0.148. The number of anilines is 1. The van der Waals surface area contributed by atoms with Gasteiger partial charge in [0, 0.05) is 23.5 Å². The maximum atomic E-state index is 13.5. The van der Waals surface area contributed by atoms with Crippen LogP contribution in [0.2, 0.25) is 5.02 Å². The summed E-state index contributed by atoms with van der Waals surface area (Å²) < 4.78 is 34.8. The number of rotatable bonds is 9. The predicted molar refractivity (Wildman–Crippen MR) is 144 cm³/mol. The van der Waals surface area contributed by atoms with Crippen molar-refractivity contribution in [2.24, 2.45) is 17.4 Å². The molecule has 0 saturated heterocycles. The van der Waals surface area contributed by atoms with Crippen molar-refractivity contribution < 1.29 is 22.7 Å². The molecule has 0 unspecified atom stereocenters. The van der Waals surface area contributed by atoms with Gasteiger partial charge in [0.2, 0.25) is 10.0 Å². The lowest BCUT2D eigenvalue weighted by molar-refractivity contribution is -0.131. The molecule has 2 aromatic rings. The molecular formula is C23H33ClN8O5S. The first kappa shape index (κ1) is 29.4. The number of aromatic nitrogens is 1. The van der Waals surface area contributed by atoms with Gasteiger partial charge in [-0.3, -0.25) is 15.6 Å². The van der Waals surface area contributed by atoms with E-state index in [0.717, 1.165) is 5.01 Å². The lowest BCUT2D eigenvalue weighted by Gasteiger charge is -2.32. The first-order valence-corrected chi connectivity index (χ1v) is 13.9. The Morgan fingerprint density at radius 1 is 1.26 bits per heavy atom. The van der Waals surface area contributed by atoms with Crippen molar-refractivity contribution >= 4 is 56.2 Å². The predicted octanol–water partition coefficient (Wildman–Crippen LogP) is 1.87. The van der Waals surface area contributed by atoms with Gasteiger partial charge >= 0.3 is 6.09 Å². The van der Waals surface area contributed by atoms with E-state index in [-0.39, 0.29) is 60.2 Å². The molecule has 1 aromatic heterocycles. The monoisotopic (exact) mass is 568 g/mol. The zero-order valence-corrected chi connectivity index (χ0v) is 22.8. The third kappa shape index (κ3) is 6.81. The zero-order chi connectivity index (χ0) is 28.1. The Bertz CT molecular complexity index is 1310. The second-order valence-electron chi connectivity index (χ2n) is 9.45. The van der Waals surface area contributed by atoms with Gasteiger partial charge in [-0.2, -0.15) is 4.72 Å². The summed E-state index contributed by atoms with van der Waals surface area (Å²) in [6.45, 7) is 3.93. The van der Waals surface area contributed by atoms with Crippen LogP contribution in [0.25, 0.3) is 10.8 Å². The van der Waals surface area contributed by atoms with Crippen LogP contribution >= 0.6 is 11.6 Å². The van der Waals surface area contributed by atoms with Gasteiger partial charge in [-0.15, -0.1) is 0 Å². The Morgan fingerprint density at radius 3 is 2.55 bits per heavy atom. The van der Waals surface area contributed by atoms with Gasteiger partial charge in [0.05, 0.1) is 23.1 Å². The van der Waals surface area contributed by atoms with Gasteiger partial charge in [-0.25, -0.2) is 23.2 Å². The Hall–Kier alpha value is -3.20. The molecule has 0 spiro atoms. The number of nitrogens with one attached hydrogen (secondary N) is 4. The van der Waals surface area contributed by atoms with Gasteiger partial charge in [0.15, 0.2) is 5.96 Å². The second-order valence-corrected chi connectivity index (χ2v) is 11.5. The molecule has 15 heteroatoms. The summed E-state index contributed by atoms with van der Waals surface area (Å²) >= 11 is 6.23. The molecule has 1 saturated carbocycles. The van der Waals surface area contributed by atoms with Crippen LogP contribution < -0.4 is 26.9 Å². The molecule has 0 atom stereocenters. The minimum absolute atomic E-state index is 0.0180. The number of nitrogens with two attached hydrogens (primary N) is 2. The SMILES string of the molecule is CC(C)COC(=O)N(CCN)NC(=O)C1(NS(=O)(=O)c2ccc3c(Cl)cnc(NC(=N)N)c3c2)CCCC1. The number of hydrazine groups is 1. The maximum absolute atomic E-state index is 13.5. The molecule has 2 amide bonds. The Morgan fingerprint density at radius 2 is 1.95 bits per heavy atom. The molecule has 1 heterocycles. The summed E-state index contributed by atoms with van der Waals surface area (Å²) in [5.74, 6) is -0.832. The number of amides is 2. The van der Waals surface area contributed by atoms with Crippen molar-refractivity contribution in [1.29, 1.82) is 5.41 Å². The van der Waals surface area contributed by atoms with Crippen LogP contribution in [0, 0.1) is 11.3 Å². The molecule has 1 fully saturated rings. The fourth-order valence-corrected chi connectivity index (χ4v) is 5.78. The average molecular weight is 569 g/mol. The number of nitrogens with zero attached hydrogens (tertiary/aromatic N) is 2. The smallest absolute Gasteiger partial charge is 0.428 e. The van der Waals surface area contributed by atoms with Crippen molar-refractivity contribution in [3.8, 4) is 0 Å². The highest BCUT2D eigenvalue weighted by Gasteiger charge is 2.45. The fraction of sp³-hybridized carbons (Fsp3) is 0.478. The summed E-state index contributed by atoms with van der Waals surface area (Å²) in [6, 6.07) is 4.21. The second kappa shape index (κ2) is 12.1. The molecule has 13 nitrogen and oxygen atoms in total. The van der Waals surface area contributed by atoms with Gasteiger partial charge in [-0.05, 0) is 30.9 Å². The number of guanidine groups is 1. The number of pyridine rings is 1. The lowest BCUT2D eigenvalue weighted by atomic mass is 9.98. The molecule has 38 heavy (non-hydrogen) atoms. The highest BCUT2D eigenvalue weighted by atomic mass is 35.5. The van der Waals surface area contributed by atoms with E-state index >= 15 is 0 Å². The number of ether oxygens (including phenoxy) is 1. The van der Waals surface area contributed by atoms with Crippen LogP contribution in [0.15, 0.2) is 29.3 Å². The molecule has 3 rings (SSSR count).